The molecule has 0 radical (unpaired) electrons. The standard InChI is InChI=1S/C32H41ClN4O4S/c1-32(2,3)41-31(40)37-15-13-35(14-16-37)11-12-36-18-21-17-34-29(30(38)39)42-28(21)27-23(19-36)26-22(9-10-24(26)33)25(27)20-7-5-4-6-8-20/h9-10,19-20,26H,4-8,11-18H2,1-3H3,(H,38,39). The highest BCUT2D eigenvalue weighted by atomic mass is 35.5. The summed E-state index contributed by atoms with van der Waals surface area (Å²) in [6.07, 6.45) is 12.4. The molecule has 6 rings (SSSR count). The van der Waals surface area contributed by atoms with Crippen molar-refractivity contribution in [3.8, 4) is 0 Å². The molecule has 1 unspecified atom stereocenters. The molecule has 0 aromatic carbocycles. The first-order valence-electron chi connectivity index (χ1n) is 15.3. The minimum absolute atomic E-state index is 0.0260. The van der Waals surface area contributed by atoms with Crippen molar-refractivity contribution < 1.29 is 19.4 Å². The number of allylic oxidation sites excluding steroid dienone is 7. The molecule has 3 aliphatic heterocycles. The van der Waals surface area contributed by atoms with Gasteiger partial charge in [-0.2, -0.15) is 0 Å². The molecule has 2 fully saturated rings. The molecule has 10 heteroatoms. The first kappa shape index (κ1) is 29.6. The van der Waals surface area contributed by atoms with Gasteiger partial charge < -0.3 is 19.6 Å². The summed E-state index contributed by atoms with van der Waals surface area (Å²) in [5.74, 6) is -0.462. The molecule has 0 aromatic heterocycles. The predicted molar refractivity (Wildman–Crippen MR) is 168 cm³/mol. The van der Waals surface area contributed by atoms with E-state index in [0.717, 1.165) is 36.1 Å². The lowest BCUT2D eigenvalue weighted by Gasteiger charge is -2.36. The Kier molecular flexibility index (Phi) is 8.37. The fourth-order valence-corrected chi connectivity index (χ4v) is 8.33. The number of hydrogen-bond acceptors (Lipinski definition) is 7. The summed E-state index contributed by atoms with van der Waals surface area (Å²) in [6, 6.07) is 0. The lowest BCUT2D eigenvalue weighted by Crippen LogP contribution is -2.51. The van der Waals surface area contributed by atoms with Crippen molar-refractivity contribution in [3.05, 3.63) is 56.2 Å². The minimum Gasteiger partial charge on any atom is -0.476 e. The number of carbonyl (C=O) groups is 2. The number of hydrogen-bond donors (Lipinski definition) is 1. The van der Waals surface area contributed by atoms with Crippen molar-refractivity contribution in [1.82, 2.24) is 14.7 Å². The topological polar surface area (TPSA) is 85.7 Å². The maximum atomic E-state index is 12.5. The third kappa shape index (κ3) is 5.97. The van der Waals surface area contributed by atoms with Gasteiger partial charge in [-0.05, 0) is 73.5 Å². The van der Waals surface area contributed by atoms with Crippen LogP contribution in [0.3, 0.4) is 0 Å². The molecular formula is C32H41ClN4O4S. The SMILES string of the molecule is CC(C)(C)OC(=O)N1CCN(CCN2C=C3C(=C(C4CCCCC4)C4=CC=C(Cl)C34)C3=C(CN=C(C(=O)O)S3)C2)CC1. The summed E-state index contributed by atoms with van der Waals surface area (Å²) in [6.45, 7) is 11.4. The zero-order chi connectivity index (χ0) is 29.6. The number of aliphatic imine (C=N–C) groups is 1. The molecule has 0 bridgehead atoms. The van der Waals surface area contributed by atoms with Crippen molar-refractivity contribution in [2.45, 2.75) is 58.5 Å². The normalized spacial score (nSPS) is 25.3. The van der Waals surface area contributed by atoms with Gasteiger partial charge in [0, 0.05) is 67.9 Å². The Morgan fingerprint density at radius 3 is 2.50 bits per heavy atom. The van der Waals surface area contributed by atoms with Crippen LogP contribution in [-0.4, -0.2) is 94.9 Å². The third-order valence-electron chi connectivity index (χ3n) is 8.99. The molecule has 8 nitrogen and oxygen atoms in total. The fourth-order valence-electron chi connectivity index (χ4n) is 7.02. The second kappa shape index (κ2) is 11.9. The number of carboxylic acid groups (broad SMARTS) is 1. The highest BCUT2D eigenvalue weighted by Crippen LogP contribution is 2.58. The number of fused-ring (bicyclic) bond motifs is 4. The quantitative estimate of drug-likeness (QED) is 0.420. The molecule has 3 aliphatic carbocycles. The van der Waals surface area contributed by atoms with Crippen LogP contribution < -0.4 is 0 Å². The Hall–Kier alpha value is -2.49. The maximum absolute atomic E-state index is 12.5. The van der Waals surface area contributed by atoms with Crippen molar-refractivity contribution in [2.75, 3.05) is 52.4 Å². The summed E-state index contributed by atoms with van der Waals surface area (Å²) >= 11 is 8.23. The highest BCUT2D eigenvalue weighted by molar-refractivity contribution is 8.19. The number of halogens is 1. The van der Waals surface area contributed by atoms with Gasteiger partial charge >= 0.3 is 12.1 Å². The second-order valence-corrected chi connectivity index (χ2v) is 14.5. The molecule has 1 atom stereocenters. The Labute approximate surface area is 257 Å². The van der Waals surface area contributed by atoms with Crippen molar-refractivity contribution >= 4 is 40.5 Å². The van der Waals surface area contributed by atoms with E-state index in [-0.39, 0.29) is 17.1 Å². The van der Waals surface area contributed by atoms with Crippen LogP contribution in [0.2, 0.25) is 0 Å². The number of carboxylic acids is 1. The highest BCUT2D eigenvalue weighted by Gasteiger charge is 2.44. The number of carbonyl (C=O) groups excluding carboxylic acids is 1. The third-order valence-corrected chi connectivity index (χ3v) is 10.5. The number of amides is 1. The molecule has 226 valence electrons. The van der Waals surface area contributed by atoms with Crippen LogP contribution in [0.1, 0.15) is 52.9 Å². The van der Waals surface area contributed by atoms with E-state index in [9.17, 15) is 14.7 Å². The smallest absolute Gasteiger partial charge is 0.410 e. The van der Waals surface area contributed by atoms with Crippen LogP contribution in [-0.2, 0) is 9.53 Å². The number of piperazine rings is 1. The number of aliphatic carboxylic acids is 1. The van der Waals surface area contributed by atoms with E-state index in [2.05, 4.69) is 33.1 Å². The number of nitrogens with zero attached hydrogens (tertiary/aromatic N) is 4. The van der Waals surface area contributed by atoms with Crippen LogP contribution in [0.5, 0.6) is 0 Å². The summed E-state index contributed by atoms with van der Waals surface area (Å²) in [4.78, 5) is 36.7. The van der Waals surface area contributed by atoms with Crippen LogP contribution in [0, 0.1) is 11.8 Å². The molecule has 1 saturated heterocycles. The van der Waals surface area contributed by atoms with E-state index in [1.54, 1.807) is 4.90 Å². The zero-order valence-corrected chi connectivity index (χ0v) is 26.4. The first-order valence-corrected chi connectivity index (χ1v) is 16.4. The van der Waals surface area contributed by atoms with Gasteiger partial charge in [-0.25, -0.2) is 9.59 Å². The van der Waals surface area contributed by atoms with Gasteiger partial charge in [-0.1, -0.05) is 48.7 Å². The maximum Gasteiger partial charge on any atom is 0.410 e. The molecule has 42 heavy (non-hydrogen) atoms. The van der Waals surface area contributed by atoms with Crippen molar-refractivity contribution in [2.24, 2.45) is 16.8 Å². The van der Waals surface area contributed by atoms with Crippen LogP contribution in [0.25, 0.3) is 0 Å². The van der Waals surface area contributed by atoms with E-state index >= 15 is 0 Å². The average molecular weight is 613 g/mol. The minimum atomic E-state index is -0.959. The van der Waals surface area contributed by atoms with E-state index in [1.165, 1.54) is 71.7 Å². The zero-order valence-electron chi connectivity index (χ0n) is 24.8. The molecule has 1 saturated carbocycles. The summed E-state index contributed by atoms with van der Waals surface area (Å²) in [7, 11) is 0. The van der Waals surface area contributed by atoms with E-state index in [0.29, 0.717) is 32.1 Å². The van der Waals surface area contributed by atoms with Crippen LogP contribution in [0.4, 0.5) is 4.79 Å². The molecule has 1 N–H and O–H groups in total. The van der Waals surface area contributed by atoms with Gasteiger partial charge in [-0.15, -0.1) is 0 Å². The average Bonchev–Trinajstić information content (AvgIpc) is 3.43. The summed E-state index contributed by atoms with van der Waals surface area (Å²) < 4.78 is 5.56. The number of thioether (sulfide) groups is 1. The monoisotopic (exact) mass is 612 g/mol. The van der Waals surface area contributed by atoms with E-state index in [4.69, 9.17) is 16.3 Å². The number of ether oxygens (including phenoxy) is 1. The van der Waals surface area contributed by atoms with Gasteiger partial charge in [0.15, 0.2) is 5.04 Å². The Morgan fingerprint density at radius 1 is 1.07 bits per heavy atom. The molecule has 0 aromatic rings. The fraction of sp³-hybridized carbons (Fsp3) is 0.594. The van der Waals surface area contributed by atoms with Crippen molar-refractivity contribution in [3.63, 3.8) is 0 Å². The molecule has 3 heterocycles. The van der Waals surface area contributed by atoms with Crippen molar-refractivity contribution in [1.29, 1.82) is 0 Å². The largest absolute Gasteiger partial charge is 0.476 e. The lowest BCUT2D eigenvalue weighted by atomic mass is 9.80. The van der Waals surface area contributed by atoms with Gasteiger partial charge in [0.25, 0.3) is 0 Å². The molecule has 6 aliphatic rings. The first-order chi connectivity index (χ1) is 20.1. The Bertz CT molecular complexity index is 1340. The lowest BCUT2D eigenvalue weighted by molar-refractivity contribution is -0.129. The Balaban J connectivity index is 1.25. The van der Waals surface area contributed by atoms with Gasteiger partial charge in [0.05, 0.1) is 6.54 Å². The Morgan fingerprint density at radius 2 is 1.81 bits per heavy atom. The van der Waals surface area contributed by atoms with Crippen LogP contribution in [0.15, 0.2) is 61.1 Å². The predicted octanol–water partition coefficient (Wildman–Crippen LogP) is 5.79. The van der Waals surface area contributed by atoms with E-state index < -0.39 is 11.6 Å². The number of rotatable bonds is 5. The second-order valence-electron chi connectivity index (χ2n) is 13.1. The summed E-state index contributed by atoms with van der Waals surface area (Å²) in [5.41, 5.74) is 5.83. The molecular weight excluding hydrogens is 572 g/mol. The van der Waals surface area contributed by atoms with E-state index in [1.807, 2.05) is 20.8 Å². The molecule has 0 spiro atoms. The van der Waals surface area contributed by atoms with Crippen LogP contribution >= 0.6 is 23.4 Å². The molecule has 1 amide bonds. The van der Waals surface area contributed by atoms with Gasteiger partial charge in [-0.3, -0.25) is 9.89 Å². The van der Waals surface area contributed by atoms with Gasteiger partial charge in [0.1, 0.15) is 5.60 Å². The van der Waals surface area contributed by atoms with Gasteiger partial charge in [0.2, 0.25) is 0 Å². The summed E-state index contributed by atoms with van der Waals surface area (Å²) in [5, 5.41) is 10.9.